The predicted octanol–water partition coefficient (Wildman–Crippen LogP) is 0.490. The molecular weight excluding hydrogens is 268 g/mol. The minimum absolute atomic E-state index is 0.0244. The highest BCUT2D eigenvalue weighted by atomic mass is 32.2. The Hall–Kier alpha value is -1.44. The molecule has 0 aromatic heterocycles. The Labute approximate surface area is 113 Å². The number of rotatable bonds is 7. The number of hydrogen-bond donors (Lipinski definition) is 2. The number of esters is 1. The molecule has 0 radical (unpaired) electrons. The van der Waals surface area contributed by atoms with Crippen LogP contribution in [0.3, 0.4) is 0 Å². The molecule has 1 aromatic carbocycles. The second-order valence-electron chi connectivity index (χ2n) is 3.88. The van der Waals surface area contributed by atoms with Crippen molar-refractivity contribution in [2.24, 2.45) is 5.73 Å². The van der Waals surface area contributed by atoms with Crippen molar-refractivity contribution in [1.29, 1.82) is 0 Å². The lowest BCUT2D eigenvalue weighted by molar-refractivity contribution is 0.0596. The summed E-state index contributed by atoms with van der Waals surface area (Å²) in [7, 11) is -2.51. The van der Waals surface area contributed by atoms with Crippen molar-refractivity contribution in [3.05, 3.63) is 29.8 Å². The molecule has 0 atom stereocenters. The third-order valence-electron chi connectivity index (χ3n) is 2.50. The number of sulfonamides is 1. The Balaban J connectivity index is 2.92. The normalized spacial score (nSPS) is 11.3. The lowest BCUT2D eigenvalue weighted by Gasteiger charge is -2.10. The first-order valence-corrected chi connectivity index (χ1v) is 7.38. The highest BCUT2D eigenvalue weighted by molar-refractivity contribution is 7.89. The predicted molar refractivity (Wildman–Crippen MR) is 71.3 cm³/mol. The van der Waals surface area contributed by atoms with Gasteiger partial charge in [0, 0.05) is 6.54 Å². The maximum absolute atomic E-state index is 12.1. The molecule has 0 heterocycles. The number of nitrogens with one attached hydrogen (secondary N) is 1. The second-order valence-corrected chi connectivity index (χ2v) is 5.62. The molecule has 0 unspecified atom stereocenters. The summed E-state index contributed by atoms with van der Waals surface area (Å²) in [5, 5.41) is 0. The van der Waals surface area contributed by atoms with E-state index in [-0.39, 0.29) is 17.0 Å². The number of carbonyl (C=O) groups is 1. The van der Waals surface area contributed by atoms with Crippen LogP contribution in [-0.4, -0.2) is 34.6 Å². The monoisotopic (exact) mass is 286 g/mol. The third kappa shape index (κ3) is 4.30. The minimum Gasteiger partial charge on any atom is -0.465 e. The number of carbonyl (C=O) groups excluding carboxylic acids is 1. The van der Waals surface area contributed by atoms with E-state index in [2.05, 4.69) is 9.46 Å². The molecule has 0 aliphatic rings. The summed E-state index contributed by atoms with van der Waals surface area (Å²) < 4.78 is 31.2. The van der Waals surface area contributed by atoms with Crippen molar-refractivity contribution in [3.63, 3.8) is 0 Å². The van der Waals surface area contributed by atoms with Gasteiger partial charge < -0.3 is 10.5 Å². The van der Waals surface area contributed by atoms with Crippen LogP contribution in [-0.2, 0) is 14.8 Å². The standard InChI is InChI=1S/C12H18N2O4S/c1-18-12(15)10-6-2-3-7-11(10)19(16,17)14-9-5-4-8-13/h2-3,6-7,14H,4-5,8-9,13H2,1H3. The largest absolute Gasteiger partial charge is 0.465 e. The van der Waals surface area contributed by atoms with E-state index in [4.69, 9.17) is 5.73 Å². The first-order chi connectivity index (χ1) is 9.03. The Morgan fingerprint density at radius 3 is 2.63 bits per heavy atom. The summed E-state index contributed by atoms with van der Waals surface area (Å²) in [5.41, 5.74) is 5.36. The highest BCUT2D eigenvalue weighted by Crippen LogP contribution is 2.16. The topological polar surface area (TPSA) is 98.5 Å². The maximum atomic E-state index is 12.1. The number of ether oxygens (including phenoxy) is 1. The van der Waals surface area contributed by atoms with Gasteiger partial charge in [0.25, 0.3) is 0 Å². The van der Waals surface area contributed by atoms with Gasteiger partial charge in [0.05, 0.1) is 17.6 Å². The maximum Gasteiger partial charge on any atom is 0.339 e. The zero-order chi connectivity index (χ0) is 14.3. The Bertz CT molecular complexity index is 528. The Morgan fingerprint density at radius 1 is 1.32 bits per heavy atom. The van der Waals surface area contributed by atoms with E-state index in [9.17, 15) is 13.2 Å². The van der Waals surface area contributed by atoms with E-state index in [0.29, 0.717) is 13.0 Å². The van der Waals surface area contributed by atoms with Crippen LogP contribution in [0.4, 0.5) is 0 Å². The number of benzene rings is 1. The van der Waals surface area contributed by atoms with Crippen LogP contribution in [0.2, 0.25) is 0 Å². The molecular formula is C12H18N2O4S. The average Bonchev–Trinajstić information content (AvgIpc) is 2.43. The first-order valence-electron chi connectivity index (χ1n) is 5.90. The number of unbranched alkanes of at least 4 members (excludes halogenated alkanes) is 1. The SMILES string of the molecule is COC(=O)c1ccccc1S(=O)(=O)NCCCCN. The Morgan fingerprint density at radius 2 is 2.00 bits per heavy atom. The van der Waals surface area contributed by atoms with Crippen molar-refractivity contribution >= 4 is 16.0 Å². The molecule has 7 heteroatoms. The van der Waals surface area contributed by atoms with E-state index in [1.165, 1.54) is 19.2 Å². The van der Waals surface area contributed by atoms with Gasteiger partial charge in [-0.05, 0) is 31.5 Å². The number of methoxy groups -OCH3 is 1. The van der Waals surface area contributed by atoms with Gasteiger partial charge in [-0.15, -0.1) is 0 Å². The lowest BCUT2D eigenvalue weighted by Crippen LogP contribution is -2.27. The van der Waals surface area contributed by atoms with E-state index in [1.54, 1.807) is 12.1 Å². The van der Waals surface area contributed by atoms with E-state index in [0.717, 1.165) is 6.42 Å². The fourth-order valence-corrected chi connectivity index (χ4v) is 2.80. The van der Waals surface area contributed by atoms with Gasteiger partial charge in [-0.3, -0.25) is 0 Å². The molecule has 0 saturated heterocycles. The van der Waals surface area contributed by atoms with Gasteiger partial charge in [-0.25, -0.2) is 17.9 Å². The molecule has 0 aliphatic heterocycles. The second kappa shape index (κ2) is 7.22. The molecule has 106 valence electrons. The van der Waals surface area contributed by atoms with Crippen LogP contribution in [0.5, 0.6) is 0 Å². The summed E-state index contributed by atoms with van der Waals surface area (Å²) in [4.78, 5) is 11.5. The van der Waals surface area contributed by atoms with E-state index >= 15 is 0 Å². The first kappa shape index (κ1) is 15.6. The van der Waals surface area contributed by atoms with Gasteiger partial charge in [0.15, 0.2) is 0 Å². The minimum atomic E-state index is -3.72. The van der Waals surface area contributed by atoms with Crippen LogP contribution < -0.4 is 10.5 Å². The molecule has 1 aromatic rings. The van der Waals surface area contributed by atoms with Crippen molar-refractivity contribution in [1.82, 2.24) is 4.72 Å². The average molecular weight is 286 g/mol. The quantitative estimate of drug-likeness (QED) is 0.561. The fraction of sp³-hybridized carbons (Fsp3) is 0.417. The fourth-order valence-electron chi connectivity index (χ4n) is 1.53. The van der Waals surface area contributed by atoms with Gasteiger partial charge in [-0.2, -0.15) is 0 Å². The molecule has 0 amide bonds. The molecule has 0 spiro atoms. The summed E-state index contributed by atoms with van der Waals surface area (Å²) in [6.45, 7) is 0.801. The Kier molecular flexibility index (Phi) is 5.94. The van der Waals surface area contributed by atoms with Crippen molar-refractivity contribution < 1.29 is 17.9 Å². The summed E-state index contributed by atoms with van der Waals surface area (Å²) >= 11 is 0. The van der Waals surface area contributed by atoms with Gasteiger partial charge in [0.1, 0.15) is 0 Å². The summed E-state index contributed by atoms with van der Waals surface area (Å²) in [5.74, 6) is -0.678. The van der Waals surface area contributed by atoms with Crippen molar-refractivity contribution in [3.8, 4) is 0 Å². The molecule has 0 fully saturated rings. The van der Waals surface area contributed by atoms with Crippen LogP contribution >= 0.6 is 0 Å². The molecule has 6 nitrogen and oxygen atoms in total. The molecule has 0 bridgehead atoms. The zero-order valence-electron chi connectivity index (χ0n) is 10.8. The molecule has 3 N–H and O–H groups in total. The van der Waals surface area contributed by atoms with E-state index < -0.39 is 16.0 Å². The number of nitrogens with two attached hydrogens (primary N) is 1. The highest BCUT2D eigenvalue weighted by Gasteiger charge is 2.21. The van der Waals surface area contributed by atoms with Gasteiger partial charge in [0.2, 0.25) is 10.0 Å². The van der Waals surface area contributed by atoms with Crippen molar-refractivity contribution in [2.45, 2.75) is 17.7 Å². The molecule has 19 heavy (non-hydrogen) atoms. The molecule has 0 saturated carbocycles. The van der Waals surface area contributed by atoms with Gasteiger partial charge in [-0.1, -0.05) is 12.1 Å². The zero-order valence-corrected chi connectivity index (χ0v) is 11.6. The smallest absolute Gasteiger partial charge is 0.339 e. The lowest BCUT2D eigenvalue weighted by atomic mass is 10.2. The summed E-state index contributed by atoms with van der Waals surface area (Å²) in [6.07, 6.45) is 1.39. The van der Waals surface area contributed by atoms with Crippen LogP contribution in [0.1, 0.15) is 23.2 Å². The summed E-state index contributed by atoms with van der Waals surface area (Å²) in [6, 6.07) is 5.93. The van der Waals surface area contributed by atoms with Crippen molar-refractivity contribution in [2.75, 3.05) is 20.2 Å². The van der Waals surface area contributed by atoms with Gasteiger partial charge >= 0.3 is 5.97 Å². The molecule has 1 rings (SSSR count). The third-order valence-corrected chi connectivity index (χ3v) is 4.02. The number of hydrogen-bond acceptors (Lipinski definition) is 5. The van der Waals surface area contributed by atoms with Crippen LogP contribution in [0.15, 0.2) is 29.2 Å². The van der Waals surface area contributed by atoms with Crippen LogP contribution in [0.25, 0.3) is 0 Å². The molecule has 0 aliphatic carbocycles. The van der Waals surface area contributed by atoms with Crippen LogP contribution in [0, 0.1) is 0 Å². The van der Waals surface area contributed by atoms with E-state index in [1.807, 2.05) is 0 Å².